The number of nitrogens with one attached hydrogen (secondary N) is 1. The molecular formula is C23H21N3O4. The van der Waals surface area contributed by atoms with Gasteiger partial charge in [-0.2, -0.15) is 0 Å². The van der Waals surface area contributed by atoms with Gasteiger partial charge >= 0.3 is 0 Å². The number of allylic oxidation sites excluding steroid dienone is 2. The summed E-state index contributed by atoms with van der Waals surface area (Å²) in [7, 11) is 0. The van der Waals surface area contributed by atoms with Crippen molar-refractivity contribution in [2.45, 2.75) is 38.5 Å². The van der Waals surface area contributed by atoms with Gasteiger partial charge in [0.2, 0.25) is 16.8 Å². The summed E-state index contributed by atoms with van der Waals surface area (Å²) in [4.78, 5) is 42.7. The highest BCUT2D eigenvalue weighted by Gasteiger charge is 2.29. The molecule has 0 bridgehead atoms. The van der Waals surface area contributed by atoms with Crippen LogP contribution in [-0.4, -0.2) is 24.3 Å². The predicted octanol–water partition coefficient (Wildman–Crippen LogP) is 1.49. The fourth-order valence-electron chi connectivity index (χ4n) is 4.18. The van der Waals surface area contributed by atoms with Gasteiger partial charge < -0.3 is 15.1 Å². The normalized spacial score (nSPS) is 19.6. The zero-order valence-corrected chi connectivity index (χ0v) is 16.4. The van der Waals surface area contributed by atoms with E-state index >= 15 is 0 Å². The van der Waals surface area contributed by atoms with Crippen LogP contribution in [0.4, 0.5) is 5.69 Å². The van der Waals surface area contributed by atoms with E-state index in [4.69, 9.17) is 4.84 Å². The smallest absolute Gasteiger partial charge is 0.249 e. The number of oxime groups is 1. The summed E-state index contributed by atoms with van der Waals surface area (Å²) in [6.45, 7) is 1.74. The Morgan fingerprint density at radius 2 is 2.13 bits per heavy atom. The summed E-state index contributed by atoms with van der Waals surface area (Å²) < 4.78 is 0. The van der Waals surface area contributed by atoms with Gasteiger partial charge in [0, 0.05) is 37.7 Å². The minimum Gasteiger partial charge on any atom is -0.387 e. The largest absolute Gasteiger partial charge is 0.387 e. The van der Waals surface area contributed by atoms with Crippen molar-refractivity contribution in [2.75, 3.05) is 11.4 Å². The zero-order chi connectivity index (χ0) is 20.7. The van der Waals surface area contributed by atoms with Crippen LogP contribution in [0.15, 0.2) is 62.8 Å². The second kappa shape index (κ2) is 7.40. The predicted molar refractivity (Wildman–Crippen MR) is 113 cm³/mol. The van der Waals surface area contributed by atoms with Gasteiger partial charge in [0.05, 0.1) is 17.8 Å². The van der Waals surface area contributed by atoms with Crippen molar-refractivity contribution in [3.05, 3.63) is 85.2 Å². The molecule has 0 saturated heterocycles. The van der Waals surface area contributed by atoms with E-state index in [9.17, 15) is 14.4 Å². The zero-order valence-electron chi connectivity index (χ0n) is 16.4. The van der Waals surface area contributed by atoms with Gasteiger partial charge in [-0.15, -0.1) is 0 Å². The second-order valence-corrected chi connectivity index (χ2v) is 7.87. The molecule has 0 aromatic heterocycles. The number of anilines is 1. The molecule has 0 fully saturated rings. The van der Waals surface area contributed by atoms with Gasteiger partial charge in [0.15, 0.2) is 6.10 Å². The topological polar surface area (TPSA) is 88.1 Å². The van der Waals surface area contributed by atoms with E-state index in [0.29, 0.717) is 24.5 Å². The third-order valence-electron chi connectivity index (χ3n) is 5.90. The summed E-state index contributed by atoms with van der Waals surface area (Å²) in [5.74, 6) is -0.100. The van der Waals surface area contributed by atoms with Crippen LogP contribution in [0.1, 0.15) is 29.5 Å². The van der Waals surface area contributed by atoms with Crippen molar-refractivity contribution in [3.63, 3.8) is 0 Å². The number of hydrogen-bond donors (Lipinski definition) is 1. The molecular weight excluding hydrogens is 382 g/mol. The Balaban J connectivity index is 1.20. The maximum Gasteiger partial charge on any atom is 0.249 e. The standard InChI is InChI=1S/C23H21N3O4/c27-20-11-19(23(20)29)26-8-7-15-6-5-14(9-16(15)13-26)12-24-22(28)10-18-17-3-1-2-4-21(17)30-25-18/h1-3,5-6,9,11,21H,4,7-8,10,12-13H2,(H,24,28). The molecule has 2 aromatic rings. The first-order chi connectivity index (χ1) is 14.6. The van der Waals surface area contributed by atoms with Crippen LogP contribution in [0.2, 0.25) is 0 Å². The Morgan fingerprint density at radius 3 is 2.97 bits per heavy atom. The molecule has 1 N–H and O–H groups in total. The maximum atomic E-state index is 12.4. The van der Waals surface area contributed by atoms with Crippen LogP contribution in [0.25, 0.3) is 0 Å². The molecule has 1 amide bonds. The van der Waals surface area contributed by atoms with E-state index in [2.05, 4.69) is 22.6 Å². The van der Waals surface area contributed by atoms with Crippen LogP contribution < -0.4 is 21.1 Å². The quantitative estimate of drug-likeness (QED) is 0.765. The summed E-state index contributed by atoms with van der Waals surface area (Å²) in [6, 6.07) is 7.57. The average molecular weight is 403 g/mol. The number of amides is 1. The van der Waals surface area contributed by atoms with E-state index < -0.39 is 10.9 Å². The Hall–Kier alpha value is -3.48. The highest BCUT2D eigenvalue weighted by atomic mass is 16.6. The molecule has 2 heterocycles. The Bertz CT molecular complexity index is 1180. The lowest BCUT2D eigenvalue weighted by Crippen LogP contribution is -2.41. The SMILES string of the molecule is O=C(CC1=NOC2CC=CC=C12)NCc1ccc2c(c1)CN(c1cc(=O)c1=O)CC2. The lowest BCUT2D eigenvalue weighted by molar-refractivity contribution is -0.120. The van der Waals surface area contributed by atoms with Gasteiger partial charge in [-0.1, -0.05) is 41.6 Å². The van der Waals surface area contributed by atoms with Gasteiger partial charge in [-0.25, -0.2) is 0 Å². The Kier molecular flexibility index (Phi) is 4.58. The molecule has 5 rings (SSSR count). The molecule has 1 unspecified atom stereocenters. The van der Waals surface area contributed by atoms with E-state index in [0.717, 1.165) is 36.1 Å². The van der Waals surface area contributed by atoms with Crippen molar-refractivity contribution >= 4 is 17.3 Å². The minimum atomic E-state index is -0.420. The van der Waals surface area contributed by atoms with E-state index in [-0.39, 0.29) is 18.4 Å². The second-order valence-electron chi connectivity index (χ2n) is 7.87. The van der Waals surface area contributed by atoms with Crippen molar-refractivity contribution in [2.24, 2.45) is 5.16 Å². The van der Waals surface area contributed by atoms with Crippen molar-refractivity contribution in [1.29, 1.82) is 0 Å². The fourth-order valence-corrected chi connectivity index (χ4v) is 4.18. The highest BCUT2D eigenvalue weighted by Crippen LogP contribution is 2.26. The number of nitrogens with zero attached hydrogens (tertiary/aromatic N) is 2. The first-order valence-corrected chi connectivity index (χ1v) is 10.1. The molecule has 3 aliphatic rings. The van der Waals surface area contributed by atoms with Crippen LogP contribution in [0.5, 0.6) is 0 Å². The third-order valence-corrected chi connectivity index (χ3v) is 5.90. The van der Waals surface area contributed by atoms with Crippen molar-refractivity contribution in [3.8, 4) is 0 Å². The lowest BCUT2D eigenvalue weighted by Gasteiger charge is -2.31. The van der Waals surface area contributed by atoms with Crippen LogP contribution >= 0.6 is 0 Å². The van der Waals surface area contributed by atoms with Crippen molar-refractivity contribution in [1.82, 2.24) is 5.32 Å². The molecule has 1 atom stereocenters. The van der Waals surface area contributed by atoms with Crippen LogP contribution in [0, 0.1) is 0 Å². The number of rotatable bonds is 5. The third kappa shape index (κ3) is 3.36. The summed E-state index contributed by atoms with van der Waals surface area (Å²) in [5, 5.41) is 7.02. The van der Waals surface area contributed by atoms with Gasteiger partial charge in [-0.3, -0.25) is 14.4 Å². The molecule has 0 spiro atoms. The number of carbonyl (C=O) groups excluding carboxylic acids is 1. The molecule has 2 aliphatic heterocycles. The monoisotopic (exact) mass is 403 g/mol. The first kappa shape index (κ1) is 18.5. The summed E-state index contributed by atoms with van der Waals surface area (Å²) in [5.41, 5.74) is 4.72. The summed E-state index contributed by atoms with van der Waals surface area (Å²) >= 11 is 0. The van der Waals surface area contributed by atoms with Crippen LogP contribution in [-0.2, 0) is 29.1 Å². The fraction of sp³-hybridized carbons (Fsp3) is 0.304. The molecule has 0 radical (unpaired) electrons. The molecule has 152 valence electrons. The summed E-state index contributed by atoms with van der Waals surface area (Å²) in [6.07, 6.45) is 7.69. The molecule has 7 heteroatoms. The highest BCUT2D eigenvalue weighted by molar-refractivity contribution is 6.11. The number of benzene rings is 1. The Morgan fingerprint density at radius 1 is 1.23 bits per heavy atom. The van der Waals surface area contributed by atoms with E-state index in [1.807, 2.05) is 29.2 Å². The molecule has 0 saturated carbocycles. The van der Waals surface area contributed by atoms with E-state index in [1.54, 1.807) is 0 Å². The number of hydrogen-bond acceptors (Lipinski definition) is 6. The number of carbonyl (C=O) groups is 1. The minimum absolute atomic E-state index is 0.0608. The van der Waals surface area contributed by atoms with E-state index in [1.165, 1.54) is 11.6 Å². The van der Waals surface area contributed by atoms with Crippen LogP contribution in [0.3, 0.4) is 0 Å². The number of fused-ring (bicyclic) bond motifs is 2. The Labute approximate surface area is 173 Å². The van der Waals surface area contributed by atoms with Gasteiger partial charge in [-0.05, 0) is 23.1 Å². The van der Waals surface area contributed by atoms with Gasteiger partial charge in [0.25, 0.3) is 0 Å². The van der Waals surface area contributed by atoms with Crippen molar-refractivity contribution < 1.29 is 9.63 Å². The molecule has 30 heavy (non-hydrogen) atoms. The molecule has 2 aromatic carbocycles. The maximum absolute atomic E-state index is 12.4. The lowest BCUT2D eigenvalue weighted by atomic mass is 9.96. The molecule has 1 aliphatic carbocycles. The average Bonchev–Trinajstić information content (AvgIpc) is 3.18. The van der Waals surface area contributed by atoms with Gasteiger partial charge in [0.1, 0.15) is 0 Å². The first-order valence-electron chi connectivity index (χ1n) is 10.1. The molecule has 7 nitrogen and oxygen atoms in total.